The highest BCUT2D eigenvalue weighted by molar-refractivity contribution is 6.52. The predicted molar refractivity (Wildman–Crippen MR) is 139 cm³/mol. The molecule has 0 atom stereocenters. The third-order valence-corrected chi connectivity index (χ3v) is 8.59. The van der Waals surface area contributed by atoms with Gasteiger partial charge < -0.3 is 3.79 Å². The lowest BCUT2D eigenvalue weighted by atomic mass is 10.1. The van der Waals surface area contributed by atoms with Crippen LogP contribution in [0.3, 0.4) is 0 Å². The molecule has 0 aliphatic carbocycles. The Labute approximate surface area is 202 Å². The Bertz CT molecular complexity index is 1410. The SMILES string of the molecule is c1cnc2c([CH2][Al]([CH2]c3cccc4cccnc34)[O]c3cccc4cccnc34)cccc2c1. The third-order valence-electron chi connectivity index (χ3n) is 6.22. The summed E-state index contributed by atoms with van der Waals surface area (Å²) >= 11 is -1.86. The predicted octanol–water partition coefficient (Wildman–Crippen LogP) is 6.27. The van der Waals surface area contributed by atoms with Gasteiger partial charge in [-0.05, 0) is 46.0 Å². The van der Waals surface area contributed by atoms with E-state index in [4.69, 9.17) is 13.8 Å². The molecule has 6 aromatic rings. The number of aromatic nitrogens is 3. The van der Waals surface area contributed by atoms with Gasteiger partial charge in [0.05, 0.1) is 11.0 Å². The summed E-state index contributed by atoms with van der Waals surface area (Å²) in [6.45, 7) is 0. The van der Waals surface area contributed by atoms with Crippen LogP contribution in [0.15, 0.2) is 110 Å². The molecule has 162 valence electrons. The molecule has 3 aromatic carbocycles. The van der Waals surface area contributed by atoms with Crippen molar-refractivity contribution in [2.75, 3.05) is 0 Å². The Morgan fingerprint density at radius 3 is 1.50 bits per heavy atom. The van der Waals surface area contributed by atoms with Crippen LogP contribution in [0.1, 0.15) is 11.1 Å². The fourth-order valence-corrected chi connectivity index (χ4v) is 7.16. The van der Waals surface area contributed by atoms with E-state index in [2.05, 4.69) is 65.6 Å². The van der Waals surface area contributed by atoms with E-state index in [-0.39, 0.29) is 0 Å². The summed E-state index contributed by atoms with van der Waals surface area (Å²) in [5.74, 6) is 0.858. The Kier molecular flexibility index (Phi) is 5.65. The average molecular weight is 455 g/mol. The zero-order chi connectivity index (χ0) is 22.7. The fourth-order valence-electron chi connectivity index (χ4n) is 4.66. The van der Waals surface area contributed by atoms with Crippen LogP contribution in [-0.4, -0.2) is 29.4 Å². The first kappa shape index (κ1) is 20.8. The molecule has 34 heavy (non-hydrogen) atoms. The van der Waals surface area contributed by atoms with Crippen LogP contribution < -0.4 is 3.79 Å². The molecule has 5 heteroatoms. The lowest BCUT2D eigenvalue weighted by Gasteiger charge is -2.18. The average Bonchev–Trinajstić information content (AvgIpc) is 2.89. The van der Waals surface area contributed by atoms with Crippen molar-refractivity contribution in [1.82, 2.24) is 15.0 Å². The van der Waals surface area contributed by atoms with Gasteiger partial charge in [-0.25, -0.2) is 0 Å². The summed E-state index contributed by atoms with van der Waals surface area (Å²) in [4.78, 5) is 14.0. The maximum Gasteiger partial charge on any atom is 0.556 e. The molecule has 0 aliphatic heterocycles. The molecule has 0 amide bonds. The van der Waals surface area contributed by atoms with Crippen molar-refractivity contribution < 1.29 is 3.79 Å². The molecule has 0 unspecified atom stereocenters. The molecular formula is C29H22AlN3O. The Hall–Kier alpha value is -3.78. The van der Waals surface area contributed by atoms with Gasteiger partial charge in [-0.1, -0.05) is 66.7 Å². The van der Waals surface area contributed by atoms with Crippen LogP contribution in [0.4, 0.5) is 0 Å². The van der Waals surface area contributed by atoms with Gasteiger partial charge >= 0.3 is 14.5 Å². The van der Waals surface area contributed by atoms with Crippen LogP contribution in [0.5, 0.6) is 5.75 Å². The molecule has 0 saturated heterocycles. The molecule has 0 aliphatic rings. The van der Waals surface area contributed by atoms with Gasteiger partial charge in [0.1, 0.15) is 11.3 Å². The molecule has 0 radical (unpaired) electrons. The molecule has 4 nitrogen and oxygen atoms in total. The first-order valence-electron chi connectivity index (χ1n) is 11.5. The van der Waals surface area contributed by atoms with Crippen molar-refractivity contribution in [3.05, 3.63) is 121 Å². The number of pyridine rings is 3. The highest BCUT2D eigenvalue weighted by atomic mass is 27.2. The lowest BCUT2D eigenvalue weighted by molar-refractivity contribution is 0.567. The third kappa shape index (κ3) is 4.12. The minimum absolute atomic E-state index is 0.858. The number of fused-ring (bicyclic) bond motifs is 3. The smallest absolute Gasteiger partial charge is 0.556 e. The Balaban J connectivity index is 1.42. The lowest BCUT2D eigenvalue weighted by Crippen LogP contribution is -2.29. The summed E-state index contributed by atoms with van der Waals surface area (Å²) in [5, 5.41) is 5.13. The van der Waals surface area contributed by atoms with E-state index in [1.807, 2.05) is 48.9 Å². The van der Waals surface area contributed by atoms with Crippen molar-refractivity contribution in [1.29, 1.82) is 0 Å². The van der Waals surface area contributed by atoms with Gasteiger partial charge in [0.2, 0.25) is 0 Å². The summed E-state index contributed by atoms with van der Waals surface area (Å²) in [6.07, 6.45) is 5.56. The van der Waals surface area contributed by atoms with Gasteiger partial charge in [0.25, 0.3) is 0 Å². The molecule has 0 spiro atoms. The van der Waals surface area contributed by atoms with E-state index >= 15 is 0 Å². The first-order valence-corrected chi connectivity index (χ1v) is 13.6. The van der Waals surface area contributed by atoms with Gasteiger partial charge in [0, 0.05) is 34.7 Å². The second-order valence-electron chi connectivity index (χ2n) is 8.46. The summed E-state index contributed by atoms with van der Waals surface area (Å²) < 4.78 is 6.85. The van der Waals surface area contributed by atoms with E-state index in [9.17, 15) is 0 Å². The first-order chi connectivity index (χ1) is 16.8. The number of benzene rings is 3. The van der Waals surface area contributed by atoms with Crippen LogP contribution in [-0.2, 0) is 10.6 Å². The minimum Gasteiger partial charge on any atom is -0.641 e. The molecular weight excluding hydrogens is 433 g/mol. The number of hydrogen-bond donors (Lipinski definition) is 0. The Morgan fingerprint density at radius 1 is 0.500 bits per heavy atom. The molecule has 0 N–H and O–H groups in total. The molecule has 6 rings (SSSR count). The van der Waals surface area contributed by atoms with Crippen molar-refractivity contribution in [2.45, 2.75) is 10.6 Å². The highest BCUT2D eigenvalue weighted by Crippen LogP contribution is 2.27. The monoisotopic (exact) mass is 455 g/mol. The topological polar surface area (TPSA) is 47.9 Å². The van der Waals surface area contributed by atoms with Crippen molar-refractivity contribution in [2.24, 2.45) is 0 Å². The van der Waals surface area contributed by atoms with Gasteiger partial charge in [-0.2, -0.15) is 0 Å². The number of rotatable bonds is 6. The zero-order valence-corrected chi connectivity index (χ0v) is 19.8. The van der Waals surface area contributed by atoms with Gasteiger partial charge in [-0.15, -0.1) is 0 Å². The van der Waals surface area contributed by atoms with Crippen LogP contribution in [0, 0.1) is 0 Å². The highest BCUT2D eigenvalue weighted by Gasteiger charge is 2.28. The van der Waals surface area contributed by atoms with Gasteiger partial charge in [-0.3, -0.25) is 15.0 Å². The quantitative estimate of drug-likeness (QED) is 0.278. The summed E-state index contributed by atoms with van der Waals surface area (Å²) in [6, 6.07) is 31.2. The molecule has 0 bridgehead atoms. The maximum absolute atomic E-state index is 6.85. The second kappa shape index (κ2) is 9.23. The van der Waals surface area contributed by atoms with E-state index in [0.29, 0.717) is 0 Å². The number of hydrogen-bond acceptors (Lipinski definition) is 4. The molecule has 0 saturated carbocycles. The molecule has 3 heterocycles. The van der Waals surface area contributed by atoms with Crippen LogP contribution in [0.25, 0.3) is 32.7 Å². The standard InChI is InChI=1S/2C10H8N.C9H7NO.Al/c2*1-8-4-2-5-9-6-3-7-11-10(8)9;11-8-5-1-3-7-4-2-6-10-9(7)8;/h2*2-7H,1H2;1-6,11H;/q;;;+1/p-1. The van der Waals surface area contributed by atoms with Crippen LogP contribution >= 0.6 is 0 Å². The maximum atomic E-state index is 6.85. The normalized spacial score (nSPS) is 11.2. The Morgan fingerprint density at radius 2 is 0.941 bits per heavy atom. The zero-order valence-electron chi connectivity index (χ0n) is 18.6. The number of para-hydroxylation sites is 3. The van der Waals surface area contributed by atoms with E-state index in [1.165, 1.54) is 11.1 Å². The largest absolute Gasteiger partial charge is 0.641 e. The van der Waals surface area contributed by atoms with E-state index in [1.54, 1.807) is 0 Å². The summed E-state index contributed by atoms with van der Waals surface area (Å²) in [7, 11) is 0. The van der Waals surface area contributed by atoms with E-state index in [0.717, 1.165) is 49.0 Å². The number of nitrogens with zero attached hydrogens (tertiary/aromatic N) is 3. The van der Waals surface area contributed by atoms with Crippen molar-refractivity contribution in [3.8, 4) is 5.75 Å². The minimum atomic E-state index is -1.86. The summed E-state index contributed by atoms with van der Waals surface area (Å²) in [5.41, 5.74) is 5.48. The fraction of sp³-hybridized carbons (Fsp3) is 0.0690. The van der Waals surface area contributed by atoms with E-state index < -0.39 is 14.5 Å². The molecule has 3 aromatic heterocycles. The van der Waals surface area contributed by atoms with Gasteiger partial charge in [0.15, 0.2) is 0 Å². The second-order valence-corrected chi connectivity index (χ2v) is 10.8. The van der Waals surface area contributed by atoms with Crippen molar-refractivity contribution in [3.63, 3.8) is 0 Å². The van der Waals surface area contributed by atoms with Crippen LogP contribution in [0.2, 0.25) is 0 Å². The molecule has 0 fully saturated rings. The van der Waals surface area contributed by atoms with Crippen molar-refractivity contribution >= 4 is 47.2 Å².